The predicted octanol–water partition coefficient (Wildman–Crippen LogP) is 6.69. The van der Waals surface area contributed by atoms with Crippen LogP contribution in [0.2, 0.25) is 0 Å². The van der Waals surface area contributed by atoms with E-state index in [1.807, 2.05) is 65.6 Å². The van der Waals surface area contributed by atoms with E-state index in [0.29, 0.717) is 55.8 Å². The molecule has 2 aliphatic heterocycles. The van der Waals surface area contributed by atoms with E-state index >= 15 is 0 Å². The average molecular weight is 633 g/mol. The topological polar surface area (TPSA) is 56.8 Å². The average Bonchev–Trinajstić information content (AvgIpc) is 3.03. The zero-order valence-corrected chi connectivity index (χ0v) is 24.5. The molecule has 2 aliphatic rings. The molecule has 2 fully saturated rings. The summed E-state index contributed by atoms with van der Waals surface area (Å²) < 4.78 is 78.1. The Bertz CT molecular complexity index is 1380. The lowest BCUT2D eigenvalue weighted by Crippen LogP contribution is -2.53. The SMILES string of the molecule is O=C(c1cc(-c2ccccc2)nc(-c2ccccc2)c1)N1CCC(N2CCC[C@@H](C(=O)N(CC(F)(F)F)CC(F)(F)F)C2)CC1. The van der Waals surface area contributed by atoms with Gasteiger partial charge in [0.05, 0.1) is 17.3 Å². The van der Waals surface area contributed by atoms with Crippen molar-refractivity contribution in [2.45, 2.75) is 44.1 Å². The summed E-state index contributed by atoms with van der Waals surface area (Å²) in [6, 6.07) is 22.7. The van der Waals surface area contributed by atoms with Crippen LogP contribution in [0.3, 0.4) is 0 Å². The summed E-state index contributed by atoms with van der Waals surface area (Å²) in [6.45, 7) is -2.33. The van der Waals surface area contributed by atoms with Gasteiger partial charge in [0.25, 0.3) is 5.91 Å². The van der Waals surface area contributed by atoms with Crippen LogP contribution >= 0.6 is 0 Å². The number of amides is 2. The monoisotopic (exact) mass is 632 g/mol. The maximum Gasteiger partial charge on any atom is 0.406 e. The molecule has 3 heterocycles. The largest absolute Gasteiger partial charge is 0.406 e. The van der Waals surface area contributed by atoms with Crippen molar-refractivity contribution in [2.75, 3.05) is 39.3 Å². The van der Waals surface area contributed by atoms with Gasteiger partial charge < -0.3 is 9.80 Å². The van der Waals surface area contributed by atoms with Crippen LogP contribution in [0.25, 0.3) is 22.5 Å². The van der Waals surface area contributed by atoms with Crippen molar-refractivity contribution in [3.63, 3.8) is 0 Å². The van der Waals surface area contributed by atoms with Gasteiger partial charge in [0.15, 0.2) is 0 Å². The fourth-order valence-electron chi connectivity index (χ4n) is 6.23. The van der Waals surface area contributed by atoms with E-state index in [4.69, 9.17) is 4.98 Å². The van der Waals surface area contributed by atoms with Crippen LogP contribution in [-0.2, 0) is 4.79 Å². The van der Waals surface area contributed by atoms with Crippen LogP contribution < -0.4 is 0 Å². The molecular formula is C33H34F6N4O2. The number of likely N-dealkylation sites (tertiary alicyclic amines) is 2. The Hall–Kier alpha value is -3.93. The molecule has 5 rings (SSSR count). The lowest BCUT2D eigenvalue weighted by atomic mass is 9.92. The third-order valence-electron chi connectivity index (χ3n) is 8.33. The first-order valence-electron chi connectivity index (χ1n) is 14.9. The van der Waals surface area contributed by atoms with Crippen molar-refractivity contribution in [2.24, 2.45) is 5.92 Å². The number of piperidine rings is 2. The van der Waals surface area contributed by atoms with E-state index < -0.39 is 37.3 Å². The third-order valence-corrected chi connectivity index (χ3v) is 8.33. The first-order chi connectivity index (χ1) is 21.4. The first-order valence-corrected chi connectivity index (χ1v) is 14.9. The Morgan fingerprint density at radius 2 is 1.27 bits per heavy atom. The fraction of sp³-hybridized carbons (Fsp3) is 0.424. The molecule has 0 radical (unpaired) electrons. The highest BCUT2D eigenvalue weighted by molar-refractivity contribution is 5.96. The molecule has 2 saturated heterocycles. The van der Waals surface area contributed by atoms with E-state index in [0.717, 1.165) is 11.1 Å². The Kier molecular flexibility index (Phi) is 9.81. The molecule has 6 nitrogen and oxygen atoms in total. The minimum absolute atomic E-state index is 0.0412. The molecule has 1 aromatic heterocycles. The number of rotatable bonds is 7. The molecule has 3 aromatic rings. The molecule has 0 spiro atoms. The maximum atomic E-state index is 13.7. The highest BCUT2D eigenvalue weighted by Gasteiger charge is 2.42. The molecule has 0 unspecified atom stereocenters. The fourth-order valence-corrected chi connectivity index (χ4v) is 6.23. The van der Waals surface area contributed by atoms with Gasteiger partial charge >= 0.3 is 12.4 Å². The number of benzene rings is 2. The number of hydrogen-bond acceptors (Lipinski definition) is 4. The van der Waals surface area contributed by atoms with Gasteiger partial charge in [0, 0.05) is 42.4 Å². The van der Waals surface area contributed by atoms with Crippen molar-refractivity contribution in [3.8, 4) is 22.5 Å². The smallest absolute Gasteiger partial charge is 0.339 e. The molecule has 2 amide bonds. The van der Waals surface area contributed by atoms with Gasteiger partial charge in [-0.05, 0) is 44.4 Å². The minimum Gasteiger partial charge on any atom is -0.339 e. The number of pyridine rings is 1. The molecular weight excluding hydrogens is 598 g/mol. The van der Waals surface area contributed by atoms with Crippen molar-refractivity contribution in [1.29, 1.82) is 0 Å². The Morgan fingerprint density at radius 3 is 1.76 bits per heavy atom. The van der Waals surface area contributed by atoms with E-state index in [-0.39, 0.29) is 29.8 Å². The molecule has 1 atom stereocenters. The number of halogens is 6. The van der Waals surface area contributed by atoms with Crippen LogP contribution in [0.4, 0.5) is 26.3 Å². The molecule has 0 N–H and O–H groups in total. The zero-order chi connectivity index (χ0) is 32.2. The second kappa shape index (κ2) is 13.6. The highest BCUT2D eigenvalue weighted by atomic mass is 19.4. The molecule has 0 saturated carbocycles. The van der Waals surface area contributed by atoms with Crippen molar-refractivity contribution in [3.05, 3.63) is 78.4 Å². The number of carbonyl (C=O) groups excluding carboxylic acids is 2. The Labute approximate surface area is 257 Å². The Morgan fingerprint density at radius 1 is 0.756 bits per heavy atom. The van der Waals surface area contributed by atoms with Gasteiger partial charge in [-0.1, -0.05) is 60.7 Å². The predicted molar refractivity (Wildman–Crippen MR) is 157 cm³/mol. The lowest BCUT2D eigenvalue weighted by molar-refractivity contribution is -0.190. The van der Waals surface area contributed by atoms with Gasteiger partial charge in [-0.2, -0.15) is 26.3 Å². The van der Waals surface area contributed by atoms with Crippen LogP contribution in [0.15, 0.2) is 72.8 Å². The summed E-state index contributed by atoms with van der Waals surface area (Å²) in [6.07, 6.45) is -8.01. The summed E-state index contributed by atoms with van der Waals surface area (Å²) in [5, 5.41) is 0. The first kappa shape index (κ1) is 32.5. The quantitative estimate of drug-likeness (QED) is 0.273. The van der Waals surface area contributed by atoms with Gasteiger partial charge in [-0.3, -0.25) is 14.5 Å². The number of carbonyl (C=O) groups is 2. The van der Waals surface area contributed by atoms with Crippen molar-refractivity contribution in [1.82, 2.24) is 19.7 Å². The van der Waals surface area contributed by atoms with E-state index in [1.165, 1.54) is 0 Å². The summed E-state index contributed by atoms with van der Waals surface area (Å²) >= 11 is 0. The standard InChI is InChI=1S/C33H34F6N4O2/c34-32(35,36)21-43(22-33(37,38)39)30(44)25-12-7-15-42(20-25)27-13-16-41(17-14-27)31(45)26-18-28(23-8-3-1-4-9-23)40-29(19-26)24-10-5-2-6-11-24/h1-6,8-11,18-19,25,27H,7,12-17,20-22H2/t25-/m1/s1. The van der Waals surface area contributed by atoms with Gasteiger partial charge in [-0.15, -0.1) is 0 Å². The molecule has 0 bridgehead atoms. The molecule has 45 heavy (non-hydrogen) atoms. The molecule has 0 aliphatic carbocycles. The van der Waals surface area contributed by atoms with Gasteiger partial charge in [0.1, 0.15) is 13.1 Å². The van der Waals surface area contributed by atoms with E-state index in [1.54, 1.807) is 17.0 Å². The van der Waals surface area contributed by atoms with Crippen LogP contribution in [0.1, 0.15) is 36.0 Å². The van der Waals surface area contributed by atoms with Gasteiger partial charge in [0.2, 0.25) is 5.91 Å². The second-order valence-electron chi connectivity index (χ2n) is 11.6. The van der Waals surface area contributed by atoms with Crippen LogP contribution in [-0.4, -0.2) is 89.2 Å². The molecule has 12 heteroatoms. The van der Waals surface area contributed by atoms with Gasteiger partial charge in [-0.25, -0.2) is 4.98 Å². The van der Waals surface area contributed by atoms with Crippen molar-refractivity contribution >= 4 is 11.8 Å². The third kappa shape index (κ3) is 8.62. The van der Waals surface area contributed by atoms with Crippen LogP contribution in [0, 0.1) is 5.92 Å². The van der Waals surface area contributed by atoms with Crippen molar-refractivity contribution < 1.29 is 35.9 Å². The molecule has 2 aromatic carbocycles. The number of alkyl halides is 6. The maximum absolute atomic E-state index is 13.7. The summed E-state index contributed by atoms with van der Waals surface area (Å²) in [7, 11) is 0. The normalized spacial score (nSPS) is 18.5. The summed E-state index contributed by atoms with van der Waals surface area (Å²) in [5.74, 6) is -2.22. The number of aromatic nitrogens is 1. The second-order valence-corrected chi connectivity index (χ2v) is 11.6. The molecule has 240 valence electrons. The van der Waals surface area contributed by atoms with E-state index in [9.17, 15) is 35.9 Å². The summed E-state index contributed by atoms with van der Waals surface area (Å²) in [5.41, 5.74) is 3.59. The minimum atomic E-state index is -4.94. The number of nitrogens with zero attached hydrogens (tertiary/aromatic N) is 4. The van der Waals surface area contributed by atoms with Crippen LogP contribution in [0.5, 0.6) is 0 Å². The summed E-state index contributed by atoms with van der Waals surface area (Å²) in [4.78, 5) is 35.1. The zero-order valence-electron chi connectivity index (χ0n) is 24.5. The lowest BCUT2D eigenvalue weighted by Gasteiger charge is -2.42. The Balaban J connectivity index is 1.26. The number of hydrogen-bond donors (Lipinski definition) is 0. The van der Waals surface area contributed by atoms with E-state index in [2.05, 4.69) is 0 Å². The highest BCUT2D eigenvalue weighted by Crippen LogP contribution is 2.30.